The first kappa shape index (κ1) is 18.5. The Balaban J connectivity index is 1.65. The monoisotopic (exact) mass is 354 g/mol. The quantitative estimate of drug-likeness (QED) is 0.511. The van der Waals surface area contributed by atoms with Gasteiger partial charge in [0.2, 0.25) is 0 Å². The van der Waals surface area contributed by atoms with Gasteiger partial charge in [0.25, 0.3) is 0 Å². The maximum Gasteiger partial charge on any atom is 0.155 e. The topological polar surface area (TPSA) is 17.1 Å². The van der Waals surface area contributed by atoms with Crippen LogP contribution in [0.1, 0.15) is 85.0 Å². The van der Waals surface area contributed by atoms with Gasteiger partial charge in [0.1, 0.15) is 0 Å². The van der Waals surface area contributed by atoms with E-state index in [1.54, 1.807) is 0 Å². The van der Waals surface area contributed by atoms with Crippen LogP contribution >= 0.6 is 0 Å². The molecule has 3 fully saturated rings. The molecule has 0 amide bonds. The van der Waals surface area contributed by atoms with Gasteiger partial charge in [-0.1, -0.05) is 44.9 Å². The number of rotatable bonds is 4. The van der Waals surface area contributed by atoms with Crippen LogP contribution in [-0.4, -0.2) is 5.78 Å². The van der Waals surface area contributed by atoms with Crippen LogP contribution in [0.4, 0.5) is 0 Å². The molecule has 0 aromatic heterocycles. The van der Waals surface area contributed by atoms with Crippen molar-refractivity contribution in [2.75, 3.05) is 0 Å². The van der Waals surface area contributed by atoms with E-state index in [1.807, 2.05) is 6.08 Å². The number of allylic oxidation sites excluding steroid dienone is 3. The van der Waals surface area contributed by atoms with Gasteiger partial charge in [0.05, 0.1) is 0 Å². The molecular formula is C25H38O. The summed E-state index contributed by atoms with van der Waals surface area (Å²) < 4.78 is 0. The fraction of sp³-hybridized carbons (Fsp3) is 0.800. The zero-order chi connectivity index (χ0) is 18.3. The molecule has 0 radical (unpaired) electrons. The molecule has 4 rings (SSSR count). The van der Waals surface area contributed by atoms with E-state index in [9.17, 15) is 4.79 Å². The van der Waals surface area contributed by atoms with Crippen LogP contribution in [0.25, 0.3) is 0 Å². The van der Waals surface area contributed by atoms with Gasteiger partial charge in [-0.2, -0.15) is 0 Å². The summed E-state index contributed by atoms with van der Waals surface area (Å²) in [7, 11) is 0. The van der Waals surface area contributed by atoms with Crippen LogP contribution in [-0.2, 0) is 4.79 Å². The third kappa shape index (κ3) is 2.85. The van der Waals surface area contributed by atoms with Crippen LogP contribution in [0.5, 0.6) is 0 Å². The maximum absolute atomic E-state index is 11.9. The molecule has 0 spiro atoms. The molecule has 26 heavy (non-hydrogen) atoms. The van der Waals surface area contributed by atoms with E-state index in [2.05, 4.69) is 32.9 Å². The number of hydrogen-bond acceptors (Lipinski definition) is 1. The second-order valence-electron chi connectivity index (χ2n) is 9.90. The summed E-state index contributed by atoms with van der Waals surface area (Å²) >= 11 is 0. The minimum Gasteiger partial charge on any atom is -0.295 e. The van der Waals surface area contributed by atoms with Gasteiger partial charge in [0.15, 0.2) is 5.78 Å². The zero-order valence-electron chi connectivity index (χ0n) is 17.2. The van der Waals surface area contributed by atoms with E-state index < -0.39 is 0 Å². The molecule has 0 saturated heterocycles. The summed E-state index contributed by atoms with van der Waals surface area (Å²) in [6, 6.07) is 0. The molecule has 0 aromatic carbocycles. The van der Waals surface area contributed by atoms with Gasteiger partial charge in [-0.15, -0.1) is 0 Å². The number of fused-ring (bicyclic) bond motifs is 5. The molecule has 4 unspecified atom stereocenters. The lowest BCUT2D eigenvalue weighted by Gasteiger charge is -2.56. The second kappa shape index (κ2) is 7.28. The Morgan fingerprint density at radius 3 is 2.77 bits per heavy atom. The van der Waals surface area contributed by atoms with Crippen molar-refractivity contribution in [3.63, 3.8) is 0 Å². The average molecular weight is 355 g/mol. The van der Waals surface area contributed by atoms with Gasteiger partial charge in [-0.3, -0.25) is 4.79 Å². The van der Waals surface area contributed by atoms with Crippen molar-refractivity contribution >= 4 is 5.78 Å². The highest BCUT2D eigenvalue weighted by Crippen LogP contribution is 2.67. The van der Waals surface area contributed by atoms with Crippen LogP contribution < -0.4 is 0 Å². The van der Waals surface area contributed by atoms with Gasteiger partial charge in [-0.05, 0) is 98.4 Å². The zero-order valence-corrected chi connectivity index (χ0v) is 17.2. The molecule has 0 aromatic rings. The summed E-state index contributed by atoms with van der Waals surface area (Å²) in [6.07, 6.45) is 19.8. The number of hydrogen-bond donors (Lipinski definition) is 0. The Morgan fingerprint density at radius 1 is 1.15 bits per heavy atom. The van der Waals surface area contributed by atoms with Crippen molar-refractivity contribution in [2.24, 2.45) is 40.9 Å². The summed E-state index contributed by atoms with van der Waals surface area (Å²) in [4.78, 5) is 11.9. The summed E-state index contributed by atoms with van der Waals surface area (Å²) in [5, 5.41) is 0. The standard InChI is InChI=1S/C25H38O/c1-4-6-7-19-15-17(3)24-23-10-8-18-16-20(26)9-11-21(18)22(23)12-14-25(19,24)13-5-2/h6-7,16-17,19,21-24H,4-5,8-15H2,1-3H3/b7-6-/t17-,19+,21?,22?,23?,24-,25?/m0/s1. The van der Waals surface area contributed by atoms with Gasteiger partial charge in [0, 0.05) is 6.42 Å². The lowest BCUT2D eigenvalue weighted by atomic mass is 9.49. The average Bonchev–Trinajstić information content (AvgIpc) is 2.91. The van der Waals surface area contributed by atoms with Crippen LogP contribution in [0.3, 0.4) is 0 Å². The minimum absolute atomic E-state index is 0.393. The van der Waals surface area contributed by atoms with E-state index in [4.69, 9.17) is 0 Å². The summed E-state index contributed by atoms with van der Waals surface area (Å²) in [5.74, 6) is 5.53. The Kier molecular flexibility index (Phi) is 5.19. The largest absolute Gasteiger partial charge is 0.295 e. The van der Waals surface area contributed by atoms with E-state index >= 15 is 0 Å². The van der Waals surface area contributed by atoms with Crippen molar-refractivity contribution in [3.05, 3.63) is 23.8 Å². The van der Waals surface area contributed by atoms with Crippen molar-refractivity contribution in [1.82, 2.24) is 0 Å². The van der Waals surface area contributed by atoms with Crippen LogP contribution in [0.15, 0.2) is 23.8 Å². The molecular weight excluding hydrogens is 316 g/mol. The van der Waals surface area contributed by atoms with E-state index in [0.717, 1.165) is 48.3 Å². The second-order valence-corrected chi connectivity index (χ2v) is 9.90. The molecule has 0 aliphatic heterocycles. The predicted octanol–water partition coefficient (Wildman–Crippen LogP) is 6.74. The van der Waals surface area contributed by atoms with Crippen molar-refractivity contribution in [2.45, 2.75) is 85.0 Å². The normalized spacial score (nSPS) is 45.2. The molecule has 4 aliphatic carbocycles. The van der Waals surface area contributed by atoms with E-state index in [0.29, 0.717) is 11.2 Å². The number of carbonyl (C=O) groups is 1. The Hall–Kier alpha value is -0.850. The van der Waals surface area contributed by atoms with Crippen molar-refractivity contribution in [1.29, 1.82) is 0 Å². The lowest BCUT2D eigenvalue weighted by Crippen LogP contribution is -2.48. The van der Waals surface area contributed by atoms with Gasteiger partial charge < -0.3 is 0 Å². The Labute approximate surface area is 160 Å². The van der Waals surface area contributed by atoms with Gasteiger partial charge >= 0.3 is 0 Å². The molecule has 1 heteroatoms. The summed E-state index contributed by atoms with van der Waals surface area (Å²) in [6.45, 7) is 7.23. The number of carbonyl (C=O) groups excluding carboxylic acids is 1. The first-order valence-electron chi connectivity index (χ1n) is 11.5. The molecule has 0 bridgehead atoms. The summed E-state index contributed by atoms with van der Waals surface area (Å²) in [5.41, 5.74) is 2.10. The number of ketones is 1. The molecule has 4 aliphatic rings. The fourth-order valence-electron chi connectivity index (χ4n) is 8.07. The van der Waals surface area contributed by atoms with Gasteiger partial charge in [-0.25, -0.2) is 0 Å². The molecule has 0 heterocycles. The van der Waals surface area contributed by atoms with Crippen molar-refractivity contribution < 1.29 is 4.79 Å². The SMILES string of the molecule is CC/C=C\[C@@H]1C[C@H](C)[C@H]2C3CCC4=CC(=O)CCC4C3CCC12CCC. The highest BCUT2D eigenvalue weighted by Gasteiger charge is 2.59. The first-order valence-corrected chi connectivity index (χ1v) is 11.5. The Morgan fingerprint density at radius 2 is 2.00 bits per heavy atom. The van der Waals surface area contributed by atoms with Crippen LogP contribution in [0.2, 0.25) is 0 Å². The van der Waals surface area contributed by atoms with E-state index in [1.165, 1.54) is 56.9 Å². The van der Waals surface area contributed by atoms with E-state index in [-0.39, 0.29) is 0 Å². The highest BCUT2D eigenvalue weighted by atomic mass is 16.1. The molecule has 1 nitrogen and oxygen atoms in total. The molecule has 3 saturated carbocycles. The maximum atomic E-state index is 11.9. The third-order valence-corrected chi connectivity index (χ3v) is 8.72. The molecule has 144 valence electrons. The lowest BCUT2D eigenvalue weighted by molar-refractivity contribution is -0.116. The van der Waals surface area contributed by atoms with Crippen molar-refractivity contribution in [3.8, 4) is 0 Å². The molecule has 7 atom stereocenters. The highest BCUT2D eigenvalue weighted by molar-refractivity contribution is 5.91. The third-order valence-electron chi connectivity index (χ3n) is 8.72. The smallest absolute Gasteiger partial charge is 0.155 e. The predicted molar refractivity (Wildman–Crippen MR) is 109 cm³/mol. The Bertz CT molecular complexity index is 599. The minimum atomic E-state index is 0.393. The fourth-order valence-corrected chi connectivity index (χ4v) is 8.07. The van der Waals surface area contributed by atoms with Crippen LogP contribution in [0, 0.1) is 40.9 Å². The molecule has 0 N–H and O–H groups in total. The first-order chi connectivity index (χ1) is 12.6.